The molecule has 0 fully saturated rings. The fraction of sp³-hybridized carbons (Fsp3) is 0.0769. The molecule has 0 unspecified atom stereocenters. The van der Waals surface area contributed by atoms with Gasteiger partial charge in [-0.15, -0.1) is 0 Å². The minimum absolute atomic E-state index is 0.124. The van der Waals surface area contributed by atoms with E-state index in [2.05, 4.69) is 20.5 Å². The Labute approximate surface area is 112 Å². The largest absolute Gasteiger partial charge is 0.441 e. The third-order valence-electron chi connectivity index (χ3n) is 2.67. The second-order valence-electron chi connectivity index (χ2n) is 4.18. The predicted octanol–water partition coefficient (Wildman–Crippen LogP) is 1.47. The van der Waals surface area contributed by atoms with Gasteiger partial charge < -0.3 is 9.73 Å². The van der Waals surface area contributed by atoms with Crippen LogP contribution in [0.4, 0.5) is 5.69 Å². The number of carbonyl (C=O) groups excluding carboxylic acids is 1. The van der Waals surface area contributed by atoms with Crippen molar-refractivity contribution in [2.45, 2.75) is 6.92 Å². The standard InChI is InChI=1S/C13H10N4O3/c1-7-14-9-3-2-8(6-11(9)20-7)15-13(19)10-4-5-12(18)17-16-10/h2-6H,1H3,(H,15,19)(H,17,18). The zero-order valence-corrected chi connectivity index (χ0v) is 10.5. The summed E-state index contributed by atoms with van der Waals surface area (Å²) in [5, 5.41) is 8.53. The third kappa shape index (κ3) is 2.28. The molecule has 0 atom stereocenters. The number of aromatic nitrogens is 3. The molecule has 0 saturated carbocycles. The molecule has 20 heavy (non-hydrogen) atoms. The number of amides is 1. The monoisotopic (exact) mass is 270 g/mol. The van der Waals surface area contributed by atoms with Crippen LogP contribution in [0.25, 0.3) is 11.1 Å². The molecule has 0 aliphatic heterocycles. The Kier molecular flexibility index (Phi) is 2.79. The van der Waals surface area contributed by atoms with Crippen LogP contribution < -0.4 is 10.9 Å². The van der Waals surface area contributed by atoms with Gasteiger partial charge in [0.25, 0.3) is 11.5 Å². The molecule has 1 amide bonds. The number of benzene rings is 1. The van der Waals surface area contributed by atoms with Crippen molar-refractivity contribution in [1.29, 1.82) is 0 Å². The lowest BCUT2D eigenvalue weighted by atomic mass is 10.2. The zero-order valence-electron chi connectivity index (χ0n) is 10.5. The highest BCUT2D eigenvalue weighted by atomic mass is 16.3. The number of rotatable bonds is 2. The fourth-order valence-electron chi connectivity index (χ4n) is 1.78. The van der Waals surface area contributed by atoms with E-state index < -0.39 is 5.91 Å². The van der Waals surface area contributed by atoms with E-state index in [4.69, 9.17) is 4.42 Å². The zero-order chi connectivity index (χ0) is 14.1. The highest BCUT2D eigenvalue weighted by Gasteiger charge is 2.09. The van der Waals surface area contributed by atoms with Gasteiger partial charge in [0.2, 0.25) is 0 Å². The Morgan fingerprint density at radius 2 is 2.15 bits per heavy atom. The molecule has 0 spiro atoms. The van der Waals surface area contributed by atoms with Gasteiger partial charge in [-0.05, 0) is 18.2 Å². The van der Waals surface area contributed by atoms with Crippen LogP contribution in [-0.2, 0) is 0 Å². The minimum Gasteiger partial charge on any atom is -0.441 e. The number of anilines is 1. The first-order valence-electron chi connectivity index (χ1n) is 5.86. The quantitative estimate of drug-likeness (QED) is 0.734. The Balaban J connectivity index is 1.86. The van der Waals surface area contributed by atoms with Gasteiger partial charge >= 0.3 is 0 Å². The van der Waals surface area contributed by atoms with Crippen LogP contribution in [0.2, 0.25) is 0 Å². The van der Waals surface area contributed by atoms with Crippen LogP contribution in [0.5, 0.6) is 0 Å². The number of H-pyrrole nitrogens is 1. The lowest BCUT2D eigenvalue weighted by molar-refractivity contribution is 0.102. The van der Waals surface area contributed by atoms with Crippen molar-refractivity contribution < 1.29 is 9.21 Å². The number of fused-ring (bicyclic) bond motifs is 1. The first-order chi connectivity index (χ1) is 9.61. The molecule has 0 aliphatic rings. The van der Waals surface area contributed by atoms with E-state index in [0.717, 1.165) is 5.52 Å². The molecule has 7 nitrogen and oxygen atoms in total. The number of hydrogen-bond donors (Lipinski definition) is 2. The Morgan fingerprint density at radius 1 is 1.30 bits per heavy atom. The van der Waals surface area contributed by atoms with Gasteiger partial charge in [0.1, 0.15) is 11.2 Å². The summed E-state index contributed by atoms with van der Waals surface area (Å²) in [7, 11) is 0. The molecule has 100 valence electrons. The molecule has 3 rings (SSSR count). The molecule has 1 aromatic carbocycles. The SMILES string of the molecule is Cc1nc2ccc(NC(=O)c3ccc(=O)[nH]n3)cc2o1. The van der Waals surface area contributed by atoms with Gasteiger partial charge in [0.05, 0.1) is 0 Å². The van der Waals surface area contributed by atoms with E-state index in [1.807, 2.05) is 0 Å². The molecule has 0 bridgehead atoms. The van der Waals surface area contributed by atoms with Gasteiger partial charge in [-0.2, -0.15) is 5.10 Å². The van der Waals surface area contributed by atoms with Crippen LogP contribution in [0.1, 0.15) is 16.4 Å². The number of aromatic amines is 1. The summed E-state index contributed by atoms with van der Waals surface area (Å²) in [5.74, 6) is 0.141. The van der Waals surface area contributed by atoms with Gasteiger partial charge in [-0.1, -0.05) is 0 Å². The number of nitrogens with zero attached hydrogens (tertiary/aromatic N) is 2. The van der Waals surface area contributed by atoms with Crippen LogP contribution in [0, 0.1) is 6.92 Å². The number of aryl methyl sites for hydroxylation is 1. The maximum Gasteiger partial charge on any atom is 0.276 e. The third-order valence-corrected chi connectivity index (χ3v) is 2.67. The van der Waals surface area contributed by atoms with Crippen LogP contribution in [0.15, 0.2) is 39.5 Å². The normalized spacial score (nSPS) is 10.7. The topological polar surface area (TPSA) is 101 Å². The van der Waals surface area contributed by atoms with Gasteiger partial charge in [-0.3, -0.25) is 9.59 Å². The van der Waals surface area contributed by atoms with Crippen molar-refractivity contribution in [3.8, 4) is 0 Å². The summed E-state index contributed by atoms with van der Waals surface area (Å²) in [6.45, 7) is 1.75. The van der Waals surface area contributed by atoms with Crippen molar-refractivity contribution in [2.75, 3.05) is 5.32 Å². The average molecular weight is 270 g/mol. The summed E-state index contributed by atoms with van der Waals surface area (Å²) < 4.78 is 5.39. The van der Waals surface area contributed by atoms with Crippen LogP contribution in [-0.4, -0.2) is 21.1 Å². The van der Waals surface area contributed by atoms with Crippen molar-refractivity contribution in [2.24, 2.45) is 0 Å². The second-order valence-corrected chi connectivity index (χ2v) is 4.18. The number of nitrogens with one attached hydrogen (secondary N) is 2. The predicted molar refractivity (Wildman–Crippen MR) is 71.6 cm³/mol. The summed E-state index contributed by atoms with van der Waals surface area (Å²) in [5.41, 5.74) is 1.64. The number of oxazole rings is 1. The van der Waals surface area contributed by atoms with Crippen molar-refractivity contribution >= 4 is 22.7 Å². The number of carbonyl (C=O) groups is 1. The summed E-state index contributed by atoms with van der Waals surface area (Å²) in [4.78, 5) is 27.0. The van der Waals surface area contributed by atoms with E-state index in [9.17, 15) is 9.59 Å². The average Bonchev–Trinajstić information content (AvgIpc) is 2.78. The Hall–Kier alpha value is -2.96. The van der Waals surface area contributed by atoms with E-state index in [0.29, 0.717) is 17.2 Å². The van der Waals surface area contributed by atoms with E-state index >= 15 is 0 Å². The maximum absolute atomic E-state index is 11.9. The first-order valence-corrected chi connectivity index (χ1v) is 5.86. The molecule has 0 radical (unpaired) electrons. The van der Waals surface area contributed by atoms with Gasteiger partial charge in [-0.25, -0.2) is 10.1 Å². The lowest BCUT2D eigenvalue weighted by Crippen LogP contribution is -2.17. The van der Waals surface area contributed by atoms with Crippen LogP contribution in [0.3, 0.4) is 0 Å². The minimum atomic E-state index is -0.420. The fourth-order valence-corrected chi connectivity index (χ4v) is 1.78. The van der Waals surface area contributed by atoms with E-state index in [-0.39, 0.29) is 11.3 Å². The molecule has 2 aromatic heterocycles. The molecule has 2 heterocycles. The van der Waals surface area contributed by atoms with Crippen LogP contribution >= 0.6 is 0 Å². The molecular formula is C13H10N4O3. The highest BCUT2D eigenvalue weighted by Crippen LogP contribution is 2.20. The first kappa shape index (κ1) is 12.1. The molecule has 7 heteroatoms. The van der Waals surface area contributed by atoms with Crippen molar-refractivity contribution in [3.05, 3.63) is 52.3 Å². The summed E-state index contributed by atoms with van der Waals surface area (Å²) >= 11 is 0. The number of hydrogen-bond acceptors (Lipinski definition) is 5. The molecule has 0 saturated heterocycles. The second kappa shape index (κ2) is 4.61. The molecule has 3 aromatic rings. The smallest absolute Gasteiger partial charge is 0.276 e. The van der Waals surface area contributed by atoms with Crippen molar-refractivity contribution in [3.63, 3.8) is 0 Å². The van der Waals surface area contributed by atoms with Gasteiger partial charge in [0, 0.05) is 24.7 Å². The Bertz CT molecular complexity index is 830. The van der Waals surface area contributed by atoms with Gasteiger partial charge in [0.15, 0.2) is 11.5 Å². The maximum atomic E-state index is 11.9. The van der Waals surface area contributed by atoms with E-state index in [1.54, 1.807) is 25.1 Å². The van der Waals surface area contributed by atoms with Crippen molar-refractivity contribution in [1.82, 2.24) is 15.2 Å². The van der Waals surface area contributed by atoms with E-state index in [1.165, 1.54) is 12.1 Å². The molecule has 0 aliphatic carbocycles. The molecule has 2 N–H and O–H groups in total. The molecular weight excluding hydrogens is 260 g/mol. The highest BCUT2D eigenvalue weighted by molar-refractivity contribution is 6.03. The lowest BCUT2D eigenvalue weighted by Gasteiger charge is -2.03. The Morgan fingerprint density at radius 3 is 2.90 bits per heavy atom. The summed E-state index contributed by atoms with van der Waals surface area (Å²) in [6.07, 6.45) is 0. The summed E-state index contributed by atoms with van der Waals surface area (Å²) in [6, 6.07) is 7.74.